The molecule has 0 atom stereocenters. The Bertz CT molecular complexity index is 908. The molecule has 0 radical (unpaired) electrons. The van der Waals surface area contributed by atoms with Crippen molar-refractivity contribution < 1.29 is 8.42 Å². The molecule has 0 amide bonds. The molecule has 0 spiro atoms. The first-order valence-electron chi connectivity index (χ1n) is 9.26. The van der Waals surface area contributed by atoms with Crippen molar-refractivity contribution in [2.24, 2.45) is 0 Å². The minimum Gasteiger partial charge on any atom is -0.356 e. The van der Waals surface area contributed by atoms with Gasteiger partial charge in [-0.3, -0.25) is 0 Å². The molecule has 7 nitrogen and oxygen atoms in total. The van der Waals surface area contributed by atoms with Gasteiger partial charge in [0.2, 0.25) is 16.0 Å². The van der Waals surface area contributed by atoms with E-state index in [0.717, 1.165) is 35.7 Å². The van der Waals surface area contributed by atoms with Gasteiger partial charge in [0.25, 0.3) is 0 Å². The smallest absolute Gasteiger partial charge is 0.240 e. The Morgan fingerprint density at radius 3 is 2.44 bits per heavy atom. The molecule has 1 aliphatic rings. The SMILES string of the molecule is Cc1cc(N2CCCC2)nc(NCCNS(=O)(=O)c2ccc(C)c(C)c2)n1. The Morgan fingerprint density at radius 1 is 1.00 bits per heavy atom. The highest BCUT2D eigenvalue weighted by Crippen LogP contribution is 2.19. The van der Waals surface area contributed by atoms with Crippen molar-refractivity contribution >= 4 is 21.8 Å². The van der Waals surface area contributed by atoms with Crippen LogP contribution in [0.2, 0.25) is 0 Å². The lowest BCUT2D eigenvalue weighted by Crippen LogP contribution is -2.29. The zero-order chi connectivity index (χ0) is 19.4. The lowest BCUT2D eigenvalue weighted by Gasteiger charge is -2.17. The molecule has 1 saturated heterocycles. The van der Waals surface area contributed by atoms with Crippen molar-refractivity contribution in [1.82, 2.24) is 14.7 Å². The van der Waals surface area contributed by atoms with E-state index in [1.165, 1.54) is 12.8 Å². The van der Waals surface area contributed by atoms with E-state index in [-0.39, 0.29) is 11.4 Å². The first-order chi connectivity index (χ1) is 12.8. The zero-order valence-electron chi connectivity index (χ0n) is 16.1. The molecule has 27 heavy (non-hydrogen) atoms. The second-order valence-corrected chi connectivity index (χ2v) is 8.72. The number of nitrogens with zero attached hydrogens (tertiary/aromatic N) is 3. The molecule has 146 valence electrons. The van der Waals surface area contributed by atoms with Crippen LogP contribution in [-0.2, 0) is 10.0 Å². The lowest BCUT2D eigenvalue weighted by molar-refractivity contribution is 0.582. The summed E-state index contributed by atoms with van der Waals surface area (Å²) in [6.07, 6.45) is 2.37. The fourth-order valence-corrected chi connectivity index (χ4v) is 4.18. The van der Waals surface area contributed by atoms with E-state index < -0.39 is 10.0 Å². The van der Waals surface area contributed by atoms with Crippen LogP contribution in [0.3, 0.4) is 0 Å². The van der Waals surface area contributed by atoms with Gasteiger partial charge in [-0.05, 0) is 56.9 Å². The fourth-order valence-electron chi connectivity index (χ4n) is 3.06. The molecule has 2 aromatic rings. The summed E-state index contributed by atoms with van der Waals surface area (Å²) in [4.78, 5) is 11.5. The number of hydrogen-bond acceptors (Lipinski definition) is 6. The number of rotatable bonds is 7. The van der Waals surface area contributed by atoms with Gasteiger partial charge in [0.1, 0.15) is 5.82 Å². The van der Waals surface area contributed by atoms with E-state index in [1.54, 1.807) is 12.1 Å². The predicted octanol–water partition coefficient (Wildman–Crippen LogP) is 2.39. The number of nitrogens with one attached hydrogen (secondary N) is 2. The zero-order valence-corrected chi connectivity index (χ0v) is 16.9. The summed E-state index contributed by atoms with van der Waals surface area (Å²) >= 11 is 0. The van der Waals surface area contributed by atoms with Crippen LogP contribution in [0.1, 0.15) is 29.7 Å². The molecule has 0 saturated carbocycles. The highest BCUT2D eigenvalue weighted by molar-refractivity contribution is 7.89. The van der Waals surface area contributed by atoms with E-state index in [0.29, 0.717) is 12.5 Å². The van der Waals surface area contributed by atoms with Crippen molar-refractivity contribution in [3.05, 3.63) is 41.1 Å². The van der Waals surface area contributed by atoms with Crippen molar-refractivity contribution in [1.29, 1.82) is 0 Å². The number of aryl methyl sites for hydroxylation is 3. The molecular formula is C19H27N5O2S. The maximum Gasteiger partial charge on any atom is 0.240 e. The van der Waals surface area contributed by atoms with Crippen LogP contribution in [-0.4, -0.2) is 44.6 Å². The van der Waals surface area contributed by atoms with Gasteiger partial charge in [0.15, 0.2) is 0 Å². The van der Waals surface area contributed by atoms with Gasteiger partial charge in [0.05, 0.1) is 4.90 Å². The van der Waals surface area contributed by atoms with E-state index >= 15 is 0 Å². The molecule has 8 heteroatoms. The molecule has 2 N–H and O–H groups in total. The number of benzene rings is 1. The molecule has 1 aromatic heterocycles. The number of anilines is 2. The van der Waals surface area contributed by atoms with Crippen LogP contribution in [0.4, 0.5) is 11.8 Å². The first kappa shape index (κ1) is 19.6. The summed E-state index contributed by atoms with van der Waals surface area (Å²) in [7, 11) is -3.52. The third kappa shape index (κ3) is 4.95. The van der Waals surface area contributed by atoms with Crippen LogP contribution < -0.4 is 14.9 Å². The maximum atomic E-state index is 12.4. The molecule has 1 fully saturated rings. The third-order valence-electron chi connectivity index (χ3n) is 4.76. The quantitative estimate of drug-likeness (QED) is 0.707. The largest absolute Gasteiger partial charge is 0.356 e. The number of sulfonamides is 1. The minimum absolute atomic E-state index is 0.256. The Balaban J connectivity index is 1.57. The average Bonchev–Trinajstić information content (AvgIpc) is 3.15. The average molecular weight is 390 g/mol. The molecule has 0 bridgehead atoms. The van der Waals surface area contributed by atoms with Crippen molar-refractivity contribution in [2.75, 3.05) is 36.4 Å². The summed E-state index contributed by atoms with van der Waals surface area (Å²) < 4.78 is 27.4. The highest BCUT2D eigenvalue weighted by atomic mass is 32.2. The van der Waals surface area contributed by atoms with Crippen LogP contribution in [0.15, 0.2) is 29.2 Å². The standard InChI is InChI=1S/C19H27N5O2S/c1-14-6-7-17(12-15(14)2)27(25,26)21-9-8-20-19-22-16(3)13-18(23-19)24-10-4-5-11-24/h6-7,12-13,21H,4-5,8-11H2,1-3H3,(H,20,22,23). The van der Waals surface area contributed by atoms with Gasteiger partial charge in [-0.25, -0.2) is 18.1 Å². The second kappa shape index (κ2) is 8.22. The van der Waals surface area contributed by atoms with Gasteiger partial charge in [-0.1, -0.05) is 6.07 Å². The van der Waals surface area contributed by atoms with Crippen LogP contribution >= 0.6 is 0 Å². The molecule has 0 aliphatic carbocycles. The molecule has 1 aliphatic heterocycles. The monoisotopic (exact) mass is 389 g/mol. The van der Waals surface area contributed by atoms with Crippen LogP contribution in [0.5, 0.6) is 0 Å². The summed E-state index contributed by atoms with van der Waals surface area (Å²) in [5, 5.41) is 3.12. The third-order valence-corrected chi connectivity index (χ3v) is 6.22. The van der Waals surface area contributed by atoms with Crippen molar-refractivity contribution in [3.8, 4) is 0 Å². The van der Waals surface area contributed by atoms with Gasteiger partial charge in [-0.15, -0.1) is 0 Å². The predicted molar refractivity (Wildman–Crippen MR) is 108 cm³/mol. The number of hydrogen-bond donors (Lipinski definition) is 2. The fraction of sp³-hybridized carbons (Fsp3) is 0.474. The van der Waals surface area contributed by atoms with Crippen LogP contribution in [0, 0.1) is 20.8 Å². The topological polar surface area (TPSA) is 87.2 Å². The summed E-state index contributed by atoms with van der Waals surface area (Å²) in [5.74, 6) is 1.46. The van der Waals surface area contributed by atoms with Gasteiger partial charge < -0.3 is 10.2 Å². The molecule has 3 rings (SSSR count). The molecule has 0 unspecified atom stereocenters. The number of aromatic nitrogens is 2. The molecule has 1 aromatic carbocycles. The summed E-state index contributed by atoms with van der Waals surface area (Å²) in [6.45, 7) is 8.51. The Morgan fingerprint density at radius 2 is 1.74 bits per heavy atom. The van der Waals surface area contributed by atoms with E-state index in [2.05, 4.69) is 24.9 Å². The first-order valence-corrected chi connectivity index (χ1v) is 10.7. The lowest BCUT2D eigenvalue weighted by atomic mass is 10.1. The molecular weight excluding hydrogens is 362 g/mol. The van der Waals surface area contributed by atoms with Crippen molar-refractivity contribution in [2.45, 2.75) is 38.5 Å². The van der Waals surface area contributed by atoms with E-state index in [1.807, 2.05) is 32.9 Å². The Hall–Kier alpha value is -2.19. The Kier molecular flexibility index (Phi) is 5.96. The van der Waals surface area contributed by atoms with Gasteiger partial charge in [-0.2, -0.15) is 4.98 Å². The molecule has 2 heterocycles. The highest BCUT2D eigenvalue weighted by Gasteiger charge is 2.16. The maximum absolute atomic E-state index is 12.4. The summed E-state index contributed by atoms with van der Waals surface area (Å²) in [5.41, 5.74) is 2.92. The minimum atomic E-state index is -3.52. The Labute approximate surface area is 161 Å². The van der Waals surface area contributed by atoms with Crippen molar-refractivity contribution in [3.63, 3.8) is 0 Å². The summed E-state index contributed by atoms with van der Waals surface area (Å²) in [6, 6.07) is 7.13. The van der Waals surface area contributed by atoms with E-state index in [9.17, 15) is 8.42 Å². The van der Waals surface area contributed by atoms with Gasteiger partial charge in [0, 0.05) is 37.9 Å². The van der Waals surface area contributed by atoms with Crippen LogP contribution in [0.25, 0.3) is 0 Å². The van der Waals surface area contributed by atoms with E-state index in [4.69, 9.17) is 0 Å². The van der Waals surface area contributed by atoms with Gasteiger partial charge >= 0.3 is 0 Å². The second-order valence-electron chi connectivity index (χ2n) is 6.96. The normalized spacial score (nSPS) is 14.6.